The molecule has 7 atom stereocenters. The van der Waals surface area contributed by atoms with Crippen molar-refractivity contribution in [2.24, 2.45) is 34.5 Å². The standard InChI is InChI=1S/C27H38O2/c1-25-14-11-21(28)18-20(25)8-9-22-23(25)12-15-26(2)24(22)13-17-27(26,29)16-10-19-6-4-3-5-7-19/h3-7,20,22-24,29H,8-18H2,1-2H3/t20-,22+,23+,24-,25-,26+,27-/m1/s1. The van der Waals surface area contributed by atoms with Crippen molar-refractivity contribution in [3.8, 4) is 0 Å². The van der Waals surface area contributed by atoms with Crippen LogP contribution in [0.5, 0.6) is 0 Å². The molecule has 29 heavy (non-hydrogen) atoms. The third kappa shape index (κ3) is 2.96. The predicted molar refractivity (Wildman–Crippen MR) is 116 cm³/mol. The molecule has 1 N–H and O–H groups in total. The van der Waals surface area contributed by atoms with E-state index in [4.69, 9.17) is 0 Å². The highest BCUT2D eigenvalue weighted by Crippen LogP contribution is 2.68. The fourth-order valence-corrected chi connectivity index (χ4v) is 8.56. The van der Waals surface area contributed by atoms with Crippen LogP contribution in [0.1, 0.15) is 83.6 Å². The second kappa shape index (κ2) is 6.94. The van der Waals surface area contributed by atoms with E-state index in [1.807, 2.05) is 0 Å². The Morgan fingerprint density at radius 2 is 1.72 bits per heavy atom. The largest absolute Gasteiger partial charge is 0.389 e. The van der Waals surface area contributed by atoms with Crippen LogP contribution in [0.2, 0.25) is 0 Å². The summed E-state index contributed by atoms with van der Waals surface area (Å²) in [5, 5.41) is 11.9. The SMILES string of the molecule is C[C@@]12CCC(=O)C[C@H]1CC[C@@H]1[C@H]3CC[C@](O)(CCc4ccccc4)[C@@]3(C)CC[C@@H]12. The fourth-order valence-electron chi connectivity index (χ4n) is 8.56. The second-order valence-corrected chi connectivity index (χ2v) is 11.4. The van der Waals surface area contributed by atoms with Gasteiger partial charge in [-0.1, -0.05) is 44.2 Å². The molecule has 4 saturated carbocycles. The van der Waals surface area contributed by atoms with Crippen LogP contribution in [0.3, 0.4) is 0 Å². The molecule has 158 valence electrons. The van der Waals surface area contributed by atoms with Gasteiger partial charge in [0.2, 0.25) is 0 Å². The summed E-state index contributed by atoms with van der Waals surface area (Å²) in [6.07, 6.45) is 11.7. The van der Waals surface area contributed by atoms with Gasteiger partial charge in [-0.2, -0.15) is 0 Å². The van der Waals surface area contributed by atoms with Gasteiger partial charge in [-0.3, -0.25) is 4.79 Å². The number of aryl methyl sites for hydroxylation is 1. The Morgan fingerprint density at radius 3 is 2.52 bits per heavy atom. The normalized spacial score (nSPS) is 46.7. The third-order valence-corrected chi connectivity index (χ3v) is 10.5. The first-order valence-electron chi connectivity index (χ1n) is 12.1. The van der Waals surface area contributed by atoms with E-state index in [9.17, 15) is 9.90 Å². The number of fused-ring (bicyclic) bond motifs is 5. The minimum absolute atomic E-state index is 0.0661. The molecule has 0 unspecified atom stereocenters. The van der Waals surface area contributed by atoms with Gasteiger partial charge >= 0.3 is 0 Å². The topological polar surface area (TPSA) is 37.3 Å². The molecular weight excluding hydrogens is 356 g/mol. The maximum Gasteiger partial charge on any atom is 0.133 e. The van der Waals surface area contributed by atoms with E-state index < -0.39 is 5.60 Å². The quantitative estimate of drug-likeness (QED) is 0.686. The van der Waals surface area contributed by atoms with E-state index in [0.29, 0.717) is 23.0 Å². The van der Waals surface area contributed by atoms with E-state index in [1.54, 1.807) is 0 Å². The summed E-state index contributed by atoms with van der Waals surface area (Å²) in [6, 6.07) is 10.7. The van der Waals surface area contributed by atoms with Gasteiger partial charge in [-0.15, -0.1) is 0 Å². The van der Waals surface area contributed by atoms with Gasteiger partial charge in [0.05, 0.1) is 5.60 Å². The number of benzene rings is 1. The van der Waals surface area contributed by atoms with Crippen molar-refractivity contribution in [2.75, 3.05) is 0 Å². The zero-order valence-electron chi connectivity index (χ0n) is 18.3. The Morgan fingerprint density at radius 1 is 0.966 bits per heavy atom. The highest BCUT2D eigenvalue weighted by molar-refractivity contribution is 5.79. The lowest BCUT2D eigenvalue weighted by molar-refractivity contribution is -0.158. The first kappa shape index (κ1) is 19.8. The van der Waals surface area contributed by atoms with Crippen LogP contribution in [0.15, 0.2) is 30.3 Å². The summed E-state index contributed by atoms with van der Waals surface area (Å²) in [6.45, 7) is 4.94. The zero-order chi connectivity index (χ0) is 20.3. The molecule has 0 saturated heterocycles. The van der Waals surface area contributed by atoms with Crippen molar-refractivity contribution in [3.05, 3.63) is 35.9 Å². The summed E-state index contributed by atoms with van der Waals surface area (Å²) >= 11 is 0. The molecule has 0 aromatic heterocycles. The Bertz CT molecular complexity index is 772. The lowest BCUT2D eigenvalue weighted by Gasteiger charge is -2.61. The molecule has 0 aliphatic heterocycles. The van der Waals surface area contributed by atoms with Gasteiger partial charge in [0.25, 0.3) is 0 Å². The molecule has 5 rings (SSSR count). The number of carbonyl (C=O) groups excluding carboxylic acids is 1. The minimum atomic E-state index is -0.515. The van der Waals surface area contributed by atoms with Gasteiger partial charge in [-0.25, -0.2) is 0 Å². The monoisotopic (exact) mass is 394 g/mol. The molecule has 0 bridgehead atoms. The smallest absolute Gasteiger partial charge is 0.133 e. The molecule has 4 aliphatic rings. The minimum Gasteiger partial charge on any atom is -0.389 e. The predicted octanol–water partition coefficient (Wildman–Crippen LogP) is 5.96. The molecule has 4 fully saturated rings. The van der Waals surface area contributed by atoms with Crippen LogP contribution < -0.4 is 0 Å². The van der Waals surface area contributed by atoms with Crippen molar-refractivity contribution < 1.29 is 9.90 Å². The number of hydrogen-bond donors (Lipinski definition) is 1. The van der Waals surface area contributed by atoms with Crippen LogP contribution in [0.25, 0.3) is 0 Å². The summed E-state index contributed by atoms with van der Waals surface area (Å²) in [7, 11) is 0. The molecule has 1 aromatic rings. The van der Waals surface area contributed by atoms with Gasteiger partial charge in [0, 0.05) is 12.8 Å². The third-order valence-electron chi connectivity index (χ3n) is 10.5. The Hall–Kier alpha value is -1.15. The van der Waals surface area contributed by atoms with Crippen LogP contribution in [0, 0.1) is 34.5 Å². The number of ketones is 1. The number of hydrogen-bond acceptors (Lipinski definition) is 2. The van der Waals surface area contributed by atoms with Gasteiger partial charge in [-0.05, 0) is 97.9 Å². The summed E-state index contributed by atoms with van der Waals surface area (Å²) in [4.78, 5) is 12.1. The molecule has 0 spiro atoms. The highest BCUT2D eigenvalue weighted by atomic mass is 16.3. The summed E-state index contributed by atoms with van der Waals surface area (Å²) in [5.74, 6) is 3.31. The molecule has 4 aliphatic carbocycles. The van der Waals surface area contributed by atoms with E-state index in [0.717, 1.165) is 50.4 Å². The Kier molecular flexibility index (Phi) is 4.74. The first-order valence-corrected chi connectivity index (χ1v) is 12.1. The number of carbonyl (C=O) groups is 1. The molecule has 2 nitrogen and oxygen atoms in total. The van der Waals surface area contributed by atoms with Crippen molar-refractivity contribution >= 4 is 5.78 Å². The Labute approximate surface area is 176 Å². The number of aliphatic hydroxyl groups is 1. The average Bonchev–Trinajstić information content (AvgIpc) is 2.99. The van der Waals surface area contributed by atoms with Crippen LogP contribution in [0.4, 0.5) is 0 Å². The zero-order valence-corrected chi connectivity index (χ0v) is 18.3. The summed E-state index contributed by atoms with van der Waals surface area (Å²) < 4.78 is 0. The van der Waals surface area contributed by atoms with Crippen LogP contribution in [-0.4, -0.2) is 16.5 Å². The maximum atomic E-state index is 12.1. The van der Waals surface area contributed by atoms with Gasteiger partial charge in [0.15, 0.2) is 0 Å². The molecule has 0 radical (unpaired) electrons. The highest BCUT2D eigenvalue weighted by Gasteiger charge is 2.64. The van der Waals surface area contributed by atoms with E-state index in [-0.39, 0.29) is 5.41 Å². The average molecular weight is 395 g/mol. The lowest BCUT2D eigenvalue weighted by atomic mass is 9.44. The van der Waals surface area contributed by atoms with Crippen molar-refractivity contribution in [1.29, 1.82) is 0 Å². The number of Topliss-reactive ketones (excluding diaryl/α,β-unsaturated/α-hetero) is 1. The van der Waals surface area contributed by atoms with Gasteiger partial charge in [0.1, 0.15) is 5.78 Å². The molecule has 0 heterocycles. The van der Waals surface area contributed by atoms with Crippen molar-refractivity contribution in [2.45, 2.75) is 90.1 Å². The number of rotatable bonds is 3. The van der Waals surface area contributed by atoms with E-state index >= 15 is 0 Å². The maximum absolute atomic E-state index is 12.1. The van der Waals surface area contributed by atoms with E-state index in [1.165, 1.54) is 37.7 Å². The van der Waals surface area contributed by atoms with E-state index in [2.05, 4.69) is 44.2 Å². The van der Waals surface area contributed by atoms with Crippen molar-refractivity contribution in [1.82, 2.24) is 0 Å². The Balaban J connectivity index is 1.36. The lowest BCUT2D eigenvalue weighted by Crippen LogP contribution is -2.56. The molecule has 2 heteroatoms. The molecule has 0 amide bonds. The van der Waals surface area contributed by atoms with Gasteiger partial charge < -0.3 is 5.11 Å². The first-order chi connectivity index (χ1) is 13.9. The van der Waals surface area contributed by atoms with Crippen LogP contribution in [-0.2, 0) is 11.2 Å². The summed E-state index contributed by atoms with van der Waals surface area (Å²) in [5.41, 5.74) is 1.26. The van der Waals surface area contributed by atoms with Crippen LogP contribution >= 0.6 is 0 Å². The fraction of sp³-hybridized carbons (Fsp3) is 0.741. The second-order valence-electron chi connectivity index (χ2n) is 11.4. The molecule has 1 aromatic carbocycles. The van der Waals surface area contributed by atoms with Crippen molar-refractivity contribution in [3.63, 3.8) is 0 Å². The molecular formula is C27H38O2.